The third-order valence-corrected chi connectivity index (χ3v) is 7.37. The third-order valence-electron chi connectivity index (χ3n) is 5.52. The summed E-state index contributed by atoms with van der Waals surface area (Å²) in [5, 5.41) is 15.3. The highest BCUT2D eigenvalue weighted by Gasteiger charge is 2.19. The number of ether oxygens (including phenoxy) is 1. The lowest BCUT2D eigenvalue weighted by molar-refractivity contribution is -0.113. The van der Waals surface area contributed by atoms with Gasteiger partial charge in [-0.05, 0) is 23.6 Å². The molecule has 1 N–H and O–H groups in total. The molecular weight excluding hydrogens is 494 g/mol. The number of hydrogen-bond donors (Lipinski definition) is 1. The molecule has 3 aromatic heterocycles. The monoisotopic (exact) mass is 515 g/mol. The van der Waals surface area contributed by atoms with E-state index in [4.69, 9.17) is 9.72 Å². The SMILES string of the molecule is COC(=O)c1ccsc1NC(=O)CSc1nnc(-c2cc(-c3ccccc3)nc3ccccc23)n1C. The highest BCUT2D eigenvalue weighted by molar-refractivity contribution is 7.99. The molecule has 0 saturated carbocycles. The van der Waals surface area contributed by atoms with Crippen LogP contribution in [0, 0.1) is 0 Å². The van der Waals surface area contributed by atoms with Crippen molar-refractivity contribution in [1.29, 1.82) is 0 Å². The Balaban J connectivity index is 1.40. The number of anilines is 1. The Morgan fingerprint density at radius 1 is 1.06 bits per heavy atom. The van der Waals surface area contributed by atoms with Crippen molar-refractivity contribution in [1.82, 2.24) is 19.7 Å². The van der Waals surface area contributed by atoms with Crippen molar-refractivity contribution in [2.75, 3.05) is 18.2 Å². The highest BCUT2D eigenvalue weighted by Crippen LogP contribution is 2.32. The van der Waals surface area contributed by atoms with Crippen molar-refractivity contribution in [2.45, 2.75) is 5.16 Å². The first kappa shape index (κ1) is 23.7. The van der Waals surface area contributed by atoms with Gasteiger partial charge in [0, 0.05) is 23.6 Å². The second kappa shape index (κ2) is 10.3. The smallest absolute Gasteiger partial charge is 0.340 e. The summed E-state index contributed by atoms with van der Waals surface area (Å²) in [6, 6.07) is 21.6. The van der Waals surface area contributed by atoms with Crippen LogP contribution in [-0.2, 0) is 16.6 Å². The van der Waals surface area contributed by atoms with E-state index in [1.165, 1.54) is 30.2 Å². The number of esters is 1. The number of hydrogen-bond acceptors (Lipinski definition) is 8. The standard InChI is InChI=1S/C26H21N5O3S2/c1-31-23(19-14-21(16-8-4-3-5-9-16)27-20-11-7-6-10-17(19)20)29-30-26(31)36-15-22(32)28-24-18(12-13-35-24)25(33)34-2/h3-14H,15H2,1-2H3,(H,28,32). The molecule has 3 heterocycles. The summed E-state index contributed by atoms with van der Waals surface area (Å²) in [7, 11) is 3.18. The second-order valence-electron chi connectivity index (χ2n) is 7.80. The van der Waals surface area contributed by atoms with Crippen LogP contribution in [-0.4, -0.2) is 44.5 Å². The van der Waals surface area contributed by atoms with Gasteiger partial charge in [-0.15, -0.1) is 21.5 Å². The number of pyridine rings is 1. The van der Waals surface area contributed by atoms with Crippen LogP contribution in [0.2, 0.25) is 0 Å². The first-order valence-electron chi connectivity index (χ1n) is 11.0. The lowest BCUT2D eigenvalue weighted by Crippen LogP contribution is -2.16. The van der Waals surface area contributed by atoms with Crippen LogP contribution in [0.25, 0.3) is 33.5 Å². The first-order chi connectivity index (χ1) is 17.5. The van der Waals surface area contributed by atoms with Gasteiger partial charge in [0.1, 0.15) is 5.00 Å². The maximum absolute atomic E-state index is 12.6. The van der Waals surface area contributed by atoms with E-state index < -0.39 is 5.97 Å². The highest BCUT2D eigenvalue weighted by atomic mass is 32.2. The van der Waals surface area contributed by atoms with Gasteiger partial charge in [0.25, 0.3) is 0 Å². The number of methoxy groups -OCH3 is 1. The van der Waals surface area contributed by atoms with Crippen LogP contribution < -0.4 is 5.32 Å². The molecule has 5 rings (SSSR count). The summed E-state index contributed by atoms with van der Waals surface area (Å²) in [5.41, 5.74) is 3.96. The maximum atomic E-state index is 12.6. The van der Waals surface area contributed by atoms with Gasteiger partial charge in [-0.1, -0.05) is 60.3 Å². The van der Waals surface area contributed by atoms with E-state index in [2.05, 4.69) is 15.5 Å². The number of thiophene rings is 1. The number of nitrogens with zero attached hydrogens (tertiary/aromatic N) is 4. The summed E-state index contributed by atoms with van der Waals surface area (Å²) in [5.74, 6) is 0.0472. The lowest BCUT2D eigenvalue weighted by Gasteiger charge is -2.10. The van der Waals surface area contributed by atoms with E-state index in [0.717, 1.165) is 27.7 Å². The summed E-state index contributed by atoms with van der Waals surface area (Å²) in [4.78, 5) is 29.3. The average molecular weight is 516 g/mol. The average Bonchev–Trinajstić information content (AvgIpc) is 3.53. The minimum atomic E-state index is -0.489. The van der Waals surface area contributed by atoms with E-state index in [1.54, 1.807) is 11.4 Å². The summed E-state index contributed by atoms with van der Waals surface area (Å²) < 4.78 is 6.63. The van der Waals surface area contributed by atoms with Gasteiger partial charge >= 0.3 is 5.97 Å². The van der Waals surface area contributed by atoms with E-state index in [-0.39, 0.29) is 11.7 Å². The molecule has 8 nitrogen and oxygen atoms in total. The van der Waals surface area contributed by atoms with Crippen molar-refractivity contribution in [3.63, 3.8) is 0 Å². The quantitative estimate of drug-likeness (QED) is 0.233. The molecule has 10 heteroatoms. The van der Waals surface area contributed by atoms with Gasteiger partial charge in [0.05, 0.1) is 29.6 Å². The number of rotatable bonds is 7. The Bertz CT molecular complexity index is 1560. The van der Waals surface area contributed by atoms with Gasteiger partial charge < -0.3 is 14.6 Å². The predicted octanol–water partition coefficient (Wildman–Crippen LogP) is 5.28. The molecule has 0 aliphatic rings. The zero-order chi connectivity index (χ0) is 25.1. The molecule has 0 saturated heterocycles. The topological polar surface area (TPSA) is 99.0 Å². The summed E-state index contributed by atoms with van der Waals surface area (Å²) in [6.45, 7) is 0. The third kappa shape index (κ3) is 4.73. The van der Waals surface area contributed by atoms with Gasteiger partial charge in [0.15, 0.2) is 11.0 Å². The van der Waals surface area contributed by atoms with Gasteiger partial charge in [0.2, 0.25) is 5.91 Å². The molecule has 0 unspecified atom stereocenters. The number of para-hydroxylation sites is 1. The van der Waals surface area contributed by atoms with Crippen LogP contribution in [0.4, 0.5) is 5.00 Å². The molecule has 1 amide bonds. The summed E-state index contributed by atoms with van der Waals surface area (Å²) >= 11 is 2.54. The molecule has 0 aliphatic heterocycles. The summed E-state index contributed by atoms with van der Waals surface area (Å²) in [6.07, 6.45) is 0. The maximum Gasteiger partial charge on any atom is 0.340 e. The zero-order valence-corrected chi connectivity index (χ0v) is 21.1. The first-order valence-corrected chi connectivity index (χ1v) is 12.8. The number of fused-ring (bicyclic) bond motifs is 1. The number of carbonyl (C=O) groups excluding carboxylic acids is 2. The largest absolute Gasteiger partial charge is 0.465 e. The number of carbonyl (C=O) groups is 2. The van der Waals surface area contributed by atoms with Gasteiger partial charge in [-0.3, -0.25) is 4.79 Å². The molecule has 0 spiro atoms. The predicted molar refractivity (Wildman–Crippen MR) is 142 cm³/mol. The fraction of sp³-hybridized carbons (Fsp3) is 0.115. The molecule has 0 atom stereocenters. The van der Waals surface area contributed by atoms with E-state index in [1.807, 2.05) is 72.3 Å². The number of benzene rings is 2. The molecule has 0 aliphatic carbocycles. The Morgan fingerprint density at radius 3 is 2.64 bits per heavy atom. The molecule has 0 bridgehead atoms. The van der Waals surface area contributed by atoms with Crippen LogP contribution >= 0.6 is 23.1 Å². The lowest BCUT2D eigenvalue weighted by atomic mass is 10.0. The molecule has 0 fully saturated rings. The van der Waals surface area contributed by atoms with E-state index in [0.29, 0.717) is 21.5 Å². The fourth-order valence-corrected chi connectivity index (χ4v) is 5.26. The van der Waals surface area contributed by atoms with E-state index in [9.17, 15) is 9.59 Å². The number of thioether (sulfide) groups is 1. The Kier molecular flexibility index (Phi) is 6.79. The molecule has 180 valence electrons. The van der Waals surface area contributed by atoms with Crippen LogP contribution in [0.15, 0.2) is 77.3 Å². The molecule has 36 heavy (non-hydrogen) atoms. The van der Waals surface area contributed by atoms with Crippen molar-refractivity contribution in [2.24, 2.45) is 7.05 Å². The zero-order valence-electron chi connectivity index (χ0n) is 19.5. The normalized spacial score (nSPS) is 10.9. The minimum Gasteiger partial charge on any atom is -0.465 e. The number of aromatic nitrogens is 4. The Morgan fingerprint density at radius 2 is 1.83 bits per heavy atom. The Hall–Kier alpha value is -4.02. The fourth-order valence-electron chi connectivity index (χ4n) is 3.76. The van der Waals surface area contributed by atoms with Gasteiger partial charge in [-0.2, -0.15) is 0 Å². The second-order valence-corrected chi connectivity index (χ2v) is 9.65. The van der Waals surface area contributed by atoms with E-state index >= 15 is 0 Å². The van der Waals surface area contributed by atoms with Crippen molar-refractivity contribution >= 4 is 50.9 Å². The minimum absolute atomic E-state index is 0.108. The van der Waals surface area contributed by atoms with Crippen LogP contribution in [0.3, 0.4) is 0 Å². The van der Waals surface area contributed by atoms with Crippen molar-refractivity contribution < 1.29 is 14.3 Å². The van der Waals surface area contributed by atoms with Gasteiger partial charge in [-0.25, -0.2) is 9.78 Å². The Labute approximate surface area is 215 Å². The molecular formula is C26H21N5O3S2. The molecule has 2 aromatic carbocycles. The molecule has 5 aromatic rings. The van der Waals surface area contributed by atoms with Crippen LogP contribution in [0.5, 0.6) is 0 Å². The van der Waals surface area contributed by atoms with Crippen molar-refractivity contribution in [3.8, 4) is 22.6 Å². The number of nitrogens with one attached hydrogen (secondary N) is 1. The number of amides is 1. The van der Waals surface area contributed by atoms with Crippen LogP contribution in [0.1, 0.15) is 10.4 Å². The molecule has 0 radical (unpaired) electrons. The van der Waals surface area contributed by atoms with Crippen molar-refractivity contribution in [3.05, 3.63) is 77.7 Å².